The number of anilines is 1. The molecule has 1 amide bonds. The highest BCUT2D eigenvalue weighted by Crippen LogP contribution is 2.30. The third-order valence-corrected chi connectivity index (χ3v) is 9.09. The van der Waals surface area contributed by atoms with E-state index in [4.69, 9.17) is 14.5 Å². The lowest BCUT2D eigenvalue weighted by Gasteiger charge is -2.25. The van der Waals surface area contributed by atoms with Gasteiger partial charge in [-0.05, 0) is 49.5 Å². The first kappa shape index (κ1) is 29.2. The lowest BCUT2D eigenvalue weighted by molar-refractivity contribution is 0.0983. The van der Waals surface area contributed by atoms with Gasteiger partial charge in [0.15, 0.2) is 5.13 Å². The number of hydrogen-bond donors (Lipinski definition) is 0. The number of aromatic nitrogens is 1. The zero-order chi connectivity index (χ0) is 26.8. The van der Waals surface area contributed by atoms with Crippen molar-refractivity contribution in [3.05, 3.63) is 54.1 Å². The van der Waals surface area contributed by atoms with Gasteiger partial charge in [-0.1, -0.05) is 37.3 Å². The van der Waals surface area contributed by atoms with Crippen LogP contribution in [0.3, 0.4) is 0 Å². The quantitative estimate of drug-likeness (QED) is 0.287. The van der Waals surface area contributed by atoms with Crippen molar-refractivity contribution in [1.29, 1.82) is 0 Å². The first-order chi connectivity index (χ1) is 17.8. The number of ether oxygens (including phenoxy) is 2. The zero-order valence-corrected chi connectivity index (χ0v) is 23.6. The minimum Gasteiger partial charge on any atom is -0.383 e. The molecule has 0 N–H and O–H groups in total. The topological polar surface area (TPSA) is 92.3 Å². The molecule has 0 aliphatic carbocycles. The van der Waals surface area contributed by atoms with E-state index in [1.54, 1.807) is 17.0 Å². The maximum atomic E-state index is 13.7. The molecule has 3 aromatic rings. The summed E-state index contributed by atoms with van der Waals surface area (Å²) in [5.74, 6) is -0.217. The molecule has 0 atom stereocenters. The van der Waals surface area contributed by atoms with Crippen LogP contribution < -0.4 is 4.90 Å². The summed E-state index contributed by atoms with van der Waals surface area (Å²) in [5, 5.41) is 0.625. The smallest absolute Gasteiger partial charge is 0.260 e. The van der Waals surface area contributed by atoms with E-state index < -0.39 is 10.0 Å². The molecule has 11 heteroatoms. The van der Waals surface area contributed by atoms with Gasteiger partial charge in [0.05, 0.1) is 28.3 Å². The summed E-state index contributed by atoms with van der Waals surface area (Å²) in [5.41, 5.74) is 1.25. The van der Waals surface area contributed by atoms with E-state index in [0.717, 1.165) is 23.3 Å². The highest BCUT2D eigenvalue weighted by molar-refractivity contribution is 7.89. The second-order valence-electron chi connectivity index (χ2n) is 8.36. The first-order valence-corrected chi connectivity index (χ1v) is 14.6. The van der Waals surface area contributed by atoms with Crippen LogP contribution in [0.15, 0.2) is 53.4 Å². The van der Waals surface area contributed by atoms with Crippen LogP contribution in [-0.2, 0) is 19.5 Å². The molecule has 0 bridgehead atoms. The molecule has 0 unspecified atom stereocenters. The van der Waals surface area contributed by atoms with Gasteiger partial charge in [0.1, 0.15) is 0 Å². The molecule has 0 radical (unpaired) electrons. The second kappa shape index (κ2) is 13.9. The van der Waals surface area contributed by atoms with Gasteiger partial charge in [0, 0.05) is 46.0 Å². The molecule has 37 heavy (non-hydrogen) atoms. The predicted molar refractivity (Wildman–Crippen MR) is 148 cm³/mol. The van der Waals surface area contributed by atoms with Gasteiger partial charge in [-0.2, -0.15) is 4.31 Å². The number of para-hydroxylation sites is 1. The number of sulfonamides is 1. The molecule has 1 heterocycles. The van der Waals surface area contributed by atoms with Gasteiger partial charge in [0.2, 0.25) is 10.0 Å². The lowest BCUT2D eigenvalue weighted by Crippen LogP contribution is -2.39. The van der Waals surface area contributed by atoms with Crippen LogP contribution >= 0.6 is 11.3 Å². The second-order valence-corrected chi connectivity index (χ2v) is 11.3. The Kier molecular flexibility index (Phi) is 11.0. The van der Waals surface area contributed by atoms with E-state index in [9.17, 15) is 13.2 Å². The first-order valence-electron chi connectivity index (χ1n) is 12.3. The predicted octanol–water partition coefficient (Wildman–Crippen LogP) is 3.57. The van der Waals surface area contributed by atoms with Gasteiger partial charge in [-0.25, -0.2) is 13.4 Å². The highest BCUT2D eigenvalue weighted by Gasteiger charge is 2.26. The standard InChI is InChI=1S/C26H36N4O5S2/c1-5-28(6-2)15-16-30(26-27-23-9-7-8-10-24(23)36-26)25(31)21-11-13-22(14-12-21)37(32,33)29(17-19-34-3)18-20-35-4/h7-14H,5-6,15-20H2,1-4H3. The minimum absolute atomic E-state index is 0.117. The van der Waals surface area contributed by atoms with Gasteiger partial charge < -0.3 is 14.4 Å². The van der Waals surface area contributed by atoms with Crippen LogP contribution in [0, 0.1) is 0 Å². The van der Waals surface area contributed by atoms with Gasteiger partial charge in [0.25, 0.3) is 5.91 Å². The molecule has 0 spiro atoms. The molecule has 9 nitrogen and oxygen atoms in total. The van der Waals surface area contributed by atoms with Crippen LogP contribution in [0.2, 0.25) is 0 Å². The lowest BCUT2D eigenvalue weighted by atomic mass is 10.2. The van der Waals surface area contributed by atoms with Crippen molar-refractivity contribution < 1.29 is 22.7 Å². The summed E-state index contributed by atoms with van der Waals surface area (Å²) in [6.07, 6.45) is 0. The van der Waals surface area contributed by atoms with Crippen molar-refractivity contribution in [3.8, 4) is 0 Å². The number of hydrogen-bond acceptors (Lipinski definition) is 8. The number of benzene rings is 2. The molecule has 0 aliphatic rings. The van der Waals surface area contributed by atoms with E-state index in [1.807, 2.05) is 24.3 Å². The Labute approximate surface area is 223 Å². The van der Waals surface area contributed by atoms with Crippen LogP contribution in [-0.4, -0.2) is 95.2 Å². The normalized spacial score (nSPS) is 12.1. The number of carbonyl (C=O) groups is 1. The number of likely N-dealkylation sites (N-methyl/N-ethyl adjacent to an activating group) is 1. The maximum absolute atomic E-state index is 13.7. The summed E-state index contributed by atoms with van der Waals surface area (Å²) >= 11 is 1.47. The summed E-state index contributed by atoms with van der Waals surface area (Å²) < 4.78 is 38.9. The molecule has 0 saturated heterocycles. The highest BCUT2D eigenvalue weighted by atomic mass is 32.2. The van der Waals surface area contributed by atoms with E-state index >= 15 is 0 Å². The molecule has 2 aromatic carbocycles. The van der Waals surface area contributed by atoms with Crippen molar-refractivity contribution in [1.82, 2.24) is 14.2 Å². The van der Waals surface area contributed by atoms with Crippen molar-refractivity contribution in [2.45, 2.75) is 18.7 Å². The Bertz CT molecular complexity index is 1200. The fourth-order valence-corrected chi connectivity index (χ4v) is 6.25. The van der Waals surface area contributed by atoms with Crippen LogP contribution in [0.5, 0.6) is 0 Å². The number of carbonyl (C=O) groups excluding carboxylic acids is 1. The van der Waals surface area contributed by atoms with Crippen LogP contribution in [0.4, 0.5) is 5.13 Å². The minimum atomic E-state index is -3.77. The maximum Gasteiger partial charge on any atom is 0.260 e. The van der Waals surface area contributed by atoms with E-state index in [-0.39, 0.29) is 37.1 Å². The number of amides is 1. The number of methoxy groups -OCH3 is 2. The Morgan fingerprint density at radius 1 is 0.892 bits per heavy atom. The summed E-state index contributed by atoms with van der Waals surface area (Å²) in [7, 11) is -0.721. The number of rotatable bonds is 15. The van der Waals surface area contributed by atoms with E-state index in [2.05, 4.69) is 18.7 Å². The van der Waals surface area contributed by atoms with Gasteiger partial charge >= 0.3 is 0 Å². The van der Waals surface area contributed by atoms with Crippen molar-refractivity contribution in [2.24, 2.45) is 0 Å². The number of fused-ring (bicyclic) bond motifs is 1. The third-order valence-electron chi connectivity index (χ3n) is 6.12. The monoisotopic (exact) mass is 548 g/mol. The average molecular weight is 549 g/mol. The average Bonchev–Trinajstić information content (AvgIpc) is 3.35. The Morgan fingerprint density at radius 3 is 2.08 bits per heavy atom. The molecule has 1 aromatic heterocycles. The van der Waals surface area contributed by atoms with Crippen molar-refractivity contribution >= 4 is 42.6 Å². The Hall–Kier alpha value is -2.41. The molecule has 0 aliphatic heterocycles. The Balaban J connectivity index is 1.88. The molecule has 0 fully saturated rings. The summed E-state index contributed by atoms with van der Waals surface area (Å²) in [6.45, 7) is 8.08. The number of thiazole rings is 1. The number of nitrogens with zero attached hydrogens (tertiary/aromatic N) is 4. The van der Waals surface area contributed by atoms with Crippen LogP contribution in [0.25, 0.3) is 10.2 Å². The van der Waals surface area contributed by atoms with E-state index in [1.165, 1.54) is 42.0 Å². The van der Waals surface area contributed by atoms with Crippen LogP contribution in [0.1, 0.15) is 24.2 Å². The molecule has 3 rings (SSSR count). The van der Waals surface area contributed by atoms with Gasteiger partial charge in [-0.3, -0.25) is 9.69 Å². The van der Waals surface area contributed by atoms with E-state index in [0.29, 0.717) is 23.8 Å². The van der Waals surface area contributed by atoms with Crippen molar-refractivity contribution in [3.63, 3.8) is 0 Å². The fraction of sp³-hybridized carbons (Fsp3) is 0.462. The molecule has 202 valence electrons. The molecular weight excluding hydrogens is 512 g/mol. The largest absolute Gasteiger partial charge is 0.383 e. The molecule has 0 saturated carbocycles. The van der Waals surface area contributed by atoms with Crippen molar-refractivity contribution in [2.75, 3.05) is 71.6 Å². The Morgan fingerprint density at radius 2 is 1.51 bits per heavy atom. The zero-order valence-electron chi connectivity index (χ0n) is 21.9. The van der Waals surface area contributed by atoms with Gasteiger partial charge in [-0.15, -0.1) is 0 Å². The summed E-state index contributed by atoms with van der Waals surface area (Å²) in [4.78, 5) is 22.4. The fourth-order valence-electron chi connectivity index (χ4n) is 3.85. The molecular formula is C26H36N4O5S2. The third kappa shape index (κ3) is 7.34. The summed E-state index contributed by atoms with van der Waals surface area (Å²) in [6, 6.07) is 13.9. The SMILES string of the molecule is CCN(CC)CCN(C(=O)c1ccc(S(=O)(=O)N(CCOC)CCOC)cc1)c1nc2ccccc2s1.